The third-order valence-corrected chi connectivity index (χ3v) is 13.5. The van der Waals surface area contributed by atoms with Crippen LogP contribution in [0.1, 0.15) is 80.0 Å². The maximum atomic E-state index is 14.8. The highest BCUT2D eigenvalue weighted by molar-refractivity contribution is 6.03. The molecule has 1 aliphatic heterocycles. The Bertz CT molecular complexity index is 2540. The lowest BCUT2D eigenvalue weighted by Gasteiger charge is -2.59. The Kier molecular flexibility index (Phi) is 16.3. The average molecular weight is 922 g/mol. The van der Waals surface area contributed by atoms with Crippen molar-refractivity contribution < 1.29 is 43.6 Å². The summed E-state index contributed by atoms with van der Waals surface area (Å²) in [6, 6.07) is 38.3. The molecule has 5 aromatic carbocycles. The van der Waals surface area contributed by atoms with Crippen molar-refractivity contribution in [3.63, 3.8) is 0 Å². The number of nitrogens with one attached hydrogen (secondary N) is 1. The lowest BCUT2D eigenvalue weighted by Crippen LogP contribution is -2.70. The van der Waals surface area contributed by atoms with Gasteiger partial charge in [-0.1, -0.05) is 133 Å². The molecule has 356 valence electrons. The first-order valence-electron chi connectivity index (χ1n) is 24.0. The third-order valence-electron chi connectivity index (χ3n) is 13.5. The zero-order valence-electron chi connectivity index (χ0n) is 38.8. The van der Waals surface area contributed by atoms with Crippen molar-refractivity contribution in [2.75, 3.05) is 26.4 Å². The Morgan fingerprint density at radius 2 is 1.60 bits per heavy atom. The molecule has 0 bridgehead atoms. The van der Waals surface area contributed by atoms with Gasteiger partial charge in [0.25, 0.3) is 0 Å². The monoisotopic (exact) mass is 921 g/mol. The smallest absolute Gasteiger partial charge is 0.412 e. The Morgan fingerprint density at radius 1 is 0.882 bits per heavy atom. The van der Waals surface area contributed by atoms with Gasteiger partial charge in [0.05, 0.1) is 31.4 Å². The summed E-state index contributed by atoms with van der Waals surface area (Å²) in [6.45, 7) is 6.93. The highest BCUT2D eigenvalue weighted by Gasteiger charge is 2.65. The molecule has 0 radical (unpaired) electrons. The van der Waals surface area contributed by atoms with Crippen molar-refractivity contribution >= 4 is 28.7 Å². The molecule has 12 nitrogen and oxygen atoms in total. The van der Waals surface area contributed by atoms with E-state index in [1.54, 1.807) is 24.0 Å². The minimum absolute atomic E-state index is 0.00556. The van der Waals surface area contributed by atoms with Gasteiger partial charge in [-0.25, -0.2) is 9.59 Å². The van der Waals surface area contributed by atoms with E-state index in [0.717, 1.165) is 64.3 Å². The largest absolute Gasteiger partial charge is 0.459 e. The van der Waals surface area contributed by atoms with Crippen LogP contribution in [0.3, 0.4) is 0 Å². The van der Waals surface area contributed by atoms with Gasteiger partial charge >= 0.3 is 12.2 Å². The maximum absolute atomic E-state index is 14.8. The van der Waals surface area contributed by atoms with Crippen LogP contribution < -0.4 is 14.8 Å². The first kappa shape index (κ1) is 48.0. The molecule has 68 heavy (non-hydrogen) atoms. The molecule has 2 amide bonds. The lowest BCUT2D eigenvalue weighted by molar-refractivity contribution is -0.256. The molecule has 8 rings (SSSR count). The molecule has 0 saturated heterocycles. The minimum atomic E-state index is -1.52. The van der Waals surface area contributed by atoms with Crippen LogP contribution in [0, 0.1) is 17.8 Å². The van der Waals surface area contributed by atoms with Gasteiger partial charge in [-0.15, -0.1) is 6.58 Å². The fraction of sp³-hybridized carbons (Fsp3) is 0.375. The van der Waals surface area contributed by atoms with Crippen molar-refractivity contribution in [2.45, 2.75) is 89.3 Å². The molecular formula is C56H63N3O9. The van der Waals surface area contributed by atoms with Crippen LogP contribution in [0.4, 0.5) is 9.59 Å². The van der Waals surface area contributed by atoms with Crippen molar-refractivity contribution in [1.82, 2.24) is 10.2 Å². The van der Waals surface area contributed by atoms with Gasteiger partial charge in [0, 0.05) is 37.7 Å². The average Bonchev–Trinajstić information content (AvgIpc) is 3.36. The Morgan fingerprint density at radius 3 is 2.35 bits per heavy atom. The summed E-state index contributed by atoms with van der Waals surface area (Å²) in [5, 5.41) is 29.9. The molecule has 1 saturated carbocycles. The van der Waals surface area contributed by atoms with E-state index < -0.39 is 29.9 Å². The summed E-state index contributed by atoms with van der Waals surface area (Å²) in [7, 11) is 0. The SMILES string of the molecule is C=CCOC12Oc3ccc(OC(=O)NCc4ccccc4)cc3C3C(CCCCO)C(CCCCO)C=C(C(=NOCc4ccccc4)CC1N(Cc1cccc4ccccc14)C(=O)OCC)C32. The number of carbonyl (C=O) groups excluding carboxylic acids is 2. The van der Waals surface area contributed by atoms with Crippen LogP contribution in [0.25, 0.3) is 10.8 Å². The molecule has 1 heterocycles. The van der Waals surface area contributed by atoms with Crippen LogP contribution in [0.2, 0.25) is 0 Å². The van der Waals surface area contributed by atoms with Crippen LogP contribution >= 0.6 is 0 Å². The number of fused-ring (bicyclic) bond motifs is 3. The molecule has 5 aromatic rings. The van der Waals surface area contributed by atoms with E-state index in [9.17, 15) is 19.8 Å². The number of benzene rings is 5. The van der Waals surface area contributed by atoms with Gasteiger partial charge in [-0.2, -0.15) is 0 Å². The summed E-state index contributed by atoms with van der Waals surface area (Å²) in [5.41, 5.74) is 5.19. The third kappa shape index (κ3) is 10.8. The molecule has 3 N–H and O–H groups in total. The first-order chi connectivity index (χ1) is 33.4. The number of hydrogen-bond donors (Lipinski definition) is 3. The van der Waals surface area contributed by atoms with E-state index >= 15 is 0 Å². The van der Waals surface area contributed by atoms with Gasteiger partial charge in [0.1, 0.15) is 24.1 Å². The fourth-order valence-electron chi connectivity index (χ4n) is 10.5. The number of unbranched alkanes of at least 4 members (excludes halogenated alkanes) is 2. The number of hydrogen-bond acceptors (Lipinski definition) is 10. The van der Waals surface area contributed by atoms with E-state index in [-0.39, 0.29) is 63.8 Å². The standard InChI is InChI=1S/C56H63N3O9/c1-3-32-65-56-51(59(55(63)64-4-2)37-43-25-17-24-41-22-11-12-26-45(41)43)35-49(58-66-38-40-20-9-6-10-21-40)47-33-42(23-13-15-30-60)46(27-14-16-31-61)52(53(47)56)48-34-44(28-29-50(48)68-56)67-54(62)57-36-39-18-7-5-8-19-39/h3,5-12,17-22,24-26,28-29,33-34,42,46,51-53,60-61H,1,4,13-16,23,27,30-32,35-38H2,2H3,(H,57,62). The quantitative estimate of drug-likeness (QED) is 0.0372. The topological polar surface area (TPSA) is 148 Å². The summed E-state index contributed by atoms with van der Waals surface area (Å²) in [5.74, 6) is -1.58. The number of amides is 2. The van der Waals surface area contributed by atoms with Crippen molar-refractivity contribution in [2.24, 2.45) is 22.9 Å². The summed E-state index contributed by atoms with van der Waals surface area (Å²) < 4.78 is 26.5. The summed E-state index contributed by atoms with van der Waals surface area (Å²) in [4.78, 5) is 36.2. The molecular weight excluding hydrogens is 859 g/mol. The summed E-state index contributed by atoms with van der Waals surface area (Å²) in [6.07, 6.45) is 7.39. The second kappa shape index (κ2) is 23.0. The number of rotatable bonds is 21. The van der Waals surface area contributed by atoms with Crippen molar-refractivity contribution in [3.05, 3.63) is 168 Å². The molecule has 6 atom stereocenters. The molecule has 0 aromatic heterocycles. The fourth-order valence-corrected chi connectivity index (χ4v) is 10.5. The van der Waals surface area contributed by atoms with Gasteiger partial charge in [-0.05, 0) is 95.7 Å². The number of allylic oxidation sites excluding steroid dienone is 1. The van der Waals surface area contributed by atoms with Crippen LogP contribution in [0.5, 0.6) is 11.5 Å². The number of carbonyl (C=O) groups is 2. The summed E-state index contributed by atoms with van der Waals surface area (Å²) >= 11 is 0. The number of ether oxygens (including phenoxy) is 4. The minimum Gasteiger partial charge on any atom is -0.459 e. The Hall–Kier alpha value is -6.47. The number of nitrogens with zero attached hydrogens (tertiary/aromatic N) is 2. The number of aliphatic hydroxyl groups excluding tert-OH is 2. The van der Waals surface area contributed by atoms with Crippen molar-refractivity contribution in [1.29, 1.82) is 0 Å². The van der Waals surface area contributed by atoms with Gasteiger partial charge in [0.2, 0.25) is 5.79 Å². The zero-order chi connectivity index (χ0) is 47.3. The van der Waals surface area contributed by atoms with Gasteiger partial charge < -0.3 is 39.3 Å². The molecule has 12 heteroatoms. The van der Waals surface area contributed by atoms with E-state index in [4.69, 9.17) is 28.9 Å². The normalized spacial score (nSPS) is 22.0. The molecule has 0 spiro atoms. The predicted molar refractivity (Wildman–Crippen MR) is 262 cm³/mol. The molecule has 1 fully saturated rings. The zero-order valence-corrected chi connectivity index (χ0v) is 38.8. The lowest BCUT2D eigenvalue weighted by atomic mass is 9.55. The Labute approximate surface area is 399 Å². The number of oxime groups is 1. The first-order valence-corrected chi connectivity index (χ1v) is 24.0. The van der Waals surface area contributed by atoms with Crippen molar-refractivity contribution in [3.8, 4) is 11.5 Å². The molecule has 3 aliphatic rings. The second-order valence-corrected chi connectivity index (χ2v) is 17.7. The van der Waals surface area contributed by atoms with E-state index in [0.29, 0.717) is 36.6 Å². The van der Waals surface area contributed by atoms with Crippen LogP contribution in [-0.4, -0.2) is 71.3 Å². The molecule has 2 aliphatic carbocycles. The highest BCUT2D eigenvalue weighted by Crippen LogP contribution is 2.62. The predicted octanol–water partition coefficient (Wildman–Crippen LogP) is 10.6. The van der Waals surface area contributed by atoms with Gasteiger partial charge in [-0.3, -0.25) is 4.90 Å². The van der Waals surface area contributed by atoms with Crippen LogP contribution in [0.15, 0.2) is 151 Å². The maximum Gasteiger partial charge on any atom is 0.412 e. The second-order valence-electron chi connectivity index (χ2n) is 17.7. The van der Waals surface area contributed by atoms with E-state index in [2.05, 4.69) is 36.2 Å². The number of aliphatic hydroxyl groups is 2. The van der Waals surface area contributed by atoms with E-state index in [1.807, 2.05) is 97.1 Å². The Balaban J connectivity index is 1.31. The van der Waals surface area contributed by atoms with Gasteiger partial charge in [0.15, 0.2) is 0 Å². The highest BCUT2D eigenvalue weighted by atomic mass is 16.7. The van der Waals surface area contributed by atoms with E-state index in [1.165, 1.54) is 0 Å². The molecule has 6 unspecified atom stereocenters. The van der Waals surface area contributed by atoms with Crippen LogP contribution in [-0.2, 0) is 34.0 Å².